The van der Waals surface area contributed by atoms with E-state index in [9.17, 15) is 9.59 Å². The third-order valence-electron chi connectivity index (χ3n) is 4.38. The van der Waals surface area contributed by atoms with E-state index in [1.165, 1.54) is 11.3 Å². The molecule has 0 spiro atoms. The Morgan fingerprint density at radius 3 is 2.61 bits per heavy atom. The number of carbonyl (C=O) groups is 2. The molecule has 2 aromatic heterocycles. The van der Waals surface area contributed by atoms with E-state index in [1.54, 1.807) is 15.8 Å². The van der Waals surface area contributed by atoms with Crippen LogP contribution in [0.15, 0.2) is 23.7 Å². The number of aromatic nitrogens is 3. The first-order chi connectivity index (χ1) is 11.2. The van der Waals surface area contributed by atoms with Gasteiger partial charge in [0.15, 0.2) is 5.69 Å². The highest BCUT2D eigenvalue weighted by Crippen LogP contribution is 2.24. The Balaban J connectivity index is 1.37. The van der Waals surface area contributed by atoms with Crippen LogP contribution in [0.2, 0.25) is 0 Å². The van der Waals surface area contributed by atoms with E-state index in [1.807, 2.05) is 22.4 Å². The van der Waals surface area contributed by atoms with Gasteiger partial charge in [-0.3, -0.25) is 9.59 Å². The van der Waals surface area contributed by atoms with Crippen molar-refractivity contribution < 1.29 is 9.59 Å². The number of nitrogens with zero attached hydrogens (tertiary/aromatic N) is 5. The van der Waals surface area contributed by atoms with E-state index in [-0.39, 0.29) is 17.9 Å². The number of likely N-dealkylation sites (tertiary alicyclic amines) is 2. The van der Waals surface area contributed by atoms with E-state index in [0.29, 0.717) is 18.8 Å². The summed E-state index contributed by atoms with van der Waals surface area (Å²) in [6.45, 7) is 2.82. The van der Waals surface area contributed by atoms with Gasteiger partial charge in [0.2, 0.25) is 0 Å². The molecule has 2 saturated heterocycles. The summed E-state index contributed by atoms with van der Waals surface area (Å²) < 4.78 is 1.71. The molecule has 0 aromatic carbocycles. The van der Waals surface area contributed by atoms with Crippen LogP contribution in [0.5, 0.6) is 0 Å². The van der Waals surface area contributed by atoms with Gasteiger partial charge in [-0.05, 0) is 24.3 Å². The second kappa shape index (κ2) is 5.77. The van der Waals surface area contributed by atoms with Crippen molar-refractivity contribution in [3.05, 3.63) is 34.3 Å². The summed E-state index contributed by atoms with van der Waals surface area (Å²) in [6, 6.07) is 3.82. The van der Waals surface area contributed by atoms with Crippen LogP contribution < -0.4 is 0 Å². The first-order valence-corrected chi connectivity index (χ1v) is 8.64. The summed E-state index contributed by atoms with van der Waals surface area (Å²) in [5, 5.41) is 9.98. The summed E-state index contributed by atoms with van der Waals surface area (Å²) in [4.78, 5) is 28.8. The minimum absolute atomic E-state index is 0.0420. The number of hydrogen-bond acceptors (Lipinski definition) is 5. The fourth-order valence-corrected chi connectivity index (χ4v) is 3.67. The average molecular weight is 331 g/mol. The minimum atomic E-state index is -0.0420. The molecular formula is C15H17N5O2S. The molecule has 7 nitrogen and oxygen atoms in total. The van der Waals surface area contributed by atoms with Crippen LogP contribution in [0.4, 0.5) is 0 Å². The lowest BCUT2D eigenvalue weighted by molar-refractivity contribution is 0.0503. The lowest BCUT2D eigenvalue weighted by Gasteiger charge is -2.38. The van der Waals surface area contributed by atoms with Gasteiger partial charge in [0.25, 0.3) is 11.8 Å². The van der Waals surface area contributed by atoms with Gasteiger partial charge >= 0.3 is 0 Å². The first-order valence-electron chi connectivity index (χ1n) is 7.76. The Labute approximate surface area is 137 Å². The van der Waals surface area contributed by atoms with Gasteiger partial charge in [-0.2, -0.15) is 0 Å². The van der Waals surface area contributed by atoms with Crippen LogP contribution >= 0.6 is 11.3 Å². The van der Waals surface area contributed by atoms with Gasteiger partial charge in [0.1, 0.15) is 0 Å². The second-order valence-corrected chi connectivity index (χ2v) is 6.87. The lowest BCUT2D eigenvalue weighted by Crippen LogP contribution is -2.50. The molecule has 0 aliphatic carbocycles. The van der Waals surface area contributed by atoms with Crippen molar-refractivity contribution in [2.24, 2.45) is 0 Å². The van der Waals surface area contributed by atoms with Gasteiger partial charge in [0, 0.05) is 26.2 Å². The maximum atomic E-state index is 12.3. The molecule has 8 heteroatoms. The molecule has 2 amide bonds. The molecule has 0 bridgehead atoms. The maximum absolute atomic E-state index is 12.3. The van der Waals surface area contributed by atoms with Gasteiger partial charge in [-0.15, -0.1) is 16.4 Å². The molecule has 0 atom stereocenters. The number of carbonyl (C=O) groups excluding carboxylic acids is 2. The van der Waals surface area contributed by atoms with Gasteiger partial charge in [0.05, 0.1) is 17.1 Å². The fourth-order valence-electron chi connectivity index (χ4n) is 2.98. The van der Waals surface area contributed by atoms with Gasteiger partial charge in [-0.1, -0.05) is 11.3 Å². The number of amides is 2. The van der Waals surface area contributed by atoms with Crippen molar-refractivity contribution in [1.29, 1.82) is 0 Å². The van der Waals surface area contributed by atoms with Crippen LogP contribution in [-0.4, -0.2) is 62.8 Å². The third kappa shape index (κ3) is 2.63. The smallest absolute Gasteiger partial charge is 0.276 e. The summed E-state index contributed by atoms with van der Waals surface area (Å²) in [7, 11) is 0. The van der Waals surface area contributed by atoms with Crippen LogP contribution in [0.3, 0.4) is 0 Å². The Bertz CT molecular complexity index is 714. The zero-order valence-corrected chi connectivity index (χ0v) is 13.4. The van der Waals surface area contributed by atoms with E-state index in [4.69, 9.17) is 0 Å². The molecule has 0 saturated carbocycles. The van der Waals surface area contributed by atoms with Crippen molar-refractivity contribution in [2.45, 2.75) is 18.9 Å². The molecule has 4 rings (SSSR count). The quantitative estimate of drug-likeness (QED) is 0.849. The molecule has 2 aliphatic rings. The normalized spacial score (nSPS) is 18.3. The maximum Gasteiger partial charge on any atom is 0.276 e. The fraction of sp³-hybridized carbons (Fsp3) is 0.467. The largest absolute Gasteiger partial charge is 0.337 e. The predicted octanol–water partition coefficient (Wildman–Crippen LogP) is 1.27. The molecule has 2 aromatic rings. The van der Waals surface area contributed by atoms with E-state index in [0.717, 1.165) is 30.8 Å². The number of rotatable bonds is 3. The Morgan fingerprint density at radius 2 is 1.91 bits per heavy atom. The highest BCUT2D eigenvalue weighted by atomic mass is 32.1. The van der Waals surface area contributed by atoms with Crippen molar-refractivity contribution >= 4 is 23.2 Å². The standard InChI is InChI=1S/C15H17N5O2S/c21-14(18-5-1-2-6-18)12-10-20(17-16-12)11-8-19(9-11)15(22)13-4-3-7-23-13/h3-4,7,10-11H,1-2,5-6,8-9H2. The molecule has 4 heterocycles. The van der Waals surface area contributed by atoms with Crippen LogP contribution in [-0.2, 0) is 0 Å². The predicted molar refractivity (Wildman–Crippen MR) is 84.4 cm³/mol. The Morgan fingerprint density at radius 1 is 1.13 bits per heavy atom. The molecule has 0 unspecified atom stereocenters. The topological polar surface area (TPSA) is 71.3 Å². The molecule has 0 N–H and O–H groups in total. The molecule has 120 valence electrons. The zero-order chi connectivity index (χ0) is 15.8. The average Bonchev–Trinajstić information content (AvgIpc) is 3.25. The Kier molecular flexibility index (Phi) is 3.60. The summed E-state index contributed by atoms with van der Waals surface area (Å²) in [6.07, 6.45) is 3.82. The molecule has 0 radical (unpaired) electrons. The van der Waals surface area contributed by atoms with E-state index >= 15 is 0 Å². The summed E-state index contributed by atoms with van der Waals surface area (Å²) >= 11 is 1.45. The lowest BCUT2D eigenvalue weighted by atomic mass is 10.1. The molecule has 2 aliphatic heterocycles. The summed E-state index contributed by atoms with van der Waals surface area (Å²) in [5.41, 5.74) is 0.398. The second-order valence-electron chi connectivity index (χ2n) is 5.92. The van der Waals surface area contributed by atoms with Crippen molar-refractivity contribution in [1.82, 2.24) is 24.8 Å². The molecular weight excluding hydrogens is 314 g/mol. The number of thiophene rings is 1. The Hall–Kier alpha value is -2.22. The van der Waals surface area contributed by atoms with Crippen molar-refractivity contribution in [2.75, 3.05) is 26.2 Å². The SMILES string of the molecule is O=C(c1cn(C2CN(C(=O)c3cccs3)C2)nn1)N1CCCC1. The highest BCUT2D eigenvalue weighted by molar-refractivity contribution is 7.12. The van der Waals surface area contributed by atoms with Gasteiger partial charge < -0.3 is 9.80 Å². The molecule has 23 heavy (non-hydrogen) atoms. The highest BCUT2D eigenvalue weighted by Gasteiger charge is 2.34. The van der Waals surface area contributed by atoms with E-state index < -0.39 is 0 Å². The molecule has 2 fully saturated rings. The van der Waals surface area contributed by atoms with Crippen LogP contribution in [0, 0.1) is 0 Å². The van der Waals surface area contributed by atoms with E-state index in [2.05, 4.69) is 10.3 Å². The van der Waals surface area contributed by atoms with Gasteiger partial charge in [-0.25, -0.2) is 4.68 Å². The monoisotopic (exact) mass is 331 g/mol. The zero-order valence-electron chi connectivity index (χ0n) is 12.6. The van der Waals surface area contributed by atoms with Crippen molar-refractivity contribution in [3.63, 3.8) is 0 Å². The summed E-state index contributed by atoms with van der Waals surface area (Å²) in [5.74, 6) is 0.0179. The third-order valence-corrected chi connectivity index (χ3v) is 5.24. The minimum Gasteiger partial charge on any atom is -0.337 e. The number of hydrogen-bond donors (Lipinski definition) is 0. The van der Waals surface area contributed by atoms with Crippen LogP contribution in [0.1, 0.15) is 39.0 Å². The van der Waals surface area contributed by atoms with Crippen LogP contribution in [0.25, 0.3) is 0 Å². The first kappa shape index (κ1) is 14.4. The van der Waals surface area contributed by atoms with Crippen molar-refractivity contribution in [3.8, 4) is 0 Å².